The fourth-order valence-electron chi connectivity index (χ4n) is 3.11. The van der Waals surface area contributed by atoms with Crippen LogP contribution in [0.5, 0.6) is 0 Å². The lowest BCUT2D eigenvalue weighted by Crippen LogP contribution is -2.48. The molecule has 3 rings (SSSR count). The molecule has 0 spiro atoms. The molecule has 1 saturated heterocycles. The SMILES string of the molecule is N#Cc1ccccc1S(=O)(=O)N1CCN(Cc2ccccc2[N+](=O)[O-])CC1. The van der Waals surface area contributed by atoms with Crippen molar-refractivity contribution in [2.24, 2.45) is 0 Å². The Balaban J connectivity index is 1.71. The summed E-state index contributed by atoms with van der Waals surface area (Å²) in [5.41, 5.74) is 0.795. The number of nitriles is 1. The maximum atomic E-state index is 12.8. The second kappa shape index (κ2) is 7.84. The highest BCUT2D eigenvalue weighted by atomic mass is 32.2. The summed E-state index contributed by atoms with van der Waals surface area (Å²) < 4.78 is 27.0. The molecule has 0 bridgehead atoms. The van der Waals surface area contributed by atoms with Gasteiger partial charge in [0.05, 0.1) is 15.4 Å². The third-order valence-electron chi connectivity index (χ3n) is 4.54. The average molecular weight is 386 g/mol. The average Bonchev–Trinajstić information content (AvgIpc) is 2.68. The minimum atomic E-state index is -3.75. The van der Waals surface area contributed by atoms with Crippen LogP contribution in [0.15, 0.2) is 53.4 Å². The molecule has 1 aliphatic heterocycles. The zero-order valence-electron chi connectivity index (χ0n) is 14.5. The monoisotopic (exact) mass is 386 g/mol. The molecule has 27 heavy (non-hydrogen) atoms. The summed E-state index contributed by atoms with van der Waals surface area (Å²) in [7, 11) is -3.75. The van der Waals surface area contributed by atoms with Crippen LogP contribution >= 0.6 is 0 Å². The van der Waals surface area contributed by atoms with E-state index in [2.05, 4.69) is 0 Å². The number of nitro groups is 1. The van der Waals surface area contributed by atoms with Crippen LogP contribution in [-0.2, 0) is 16.6 Å². The van der Waals surface area contributed by atoms with Gasteiger partial charge >= 0.3 is 0 Å². The van der Waals surface area contributed by atoms with E-state index in [-0.39, 0.29) is 29.2 Å². The van der Waals surface area contributed by atoms with E-state index in [1.54, 1.807) is 30.3 Å². The summed E-state index contributed by atoms with van der Waals surface area (Å²) >= 11 is 0. The number of rotatable bonds is 5. The van der Waals surface area contributed by atoms with Crippen molar-refractivity contribution in [2.45, 2.75) is 11.4 Å². The van der Waals surface area contributed by atoms with Crippen LogP contribution in [0.3, 0.4) is 0 Å². The Bertz CT molecular complexity index is 992. The van der Waals surface area contributed by atoms with Crippen molar-refractivity contribution < 1.29 is 13.3 Å². The van der Waals surface area contributed by atoms with E-state index >= 15 is 0 Å². The molecule has 140 valence electrons. The Hall–Kier alpha value is -2.80. The van der Waals surface area contributed by atoms with Crippen molar-refractivity contribution in [3.8, 4) is 6.07 Å². The van der Waals surface area contributed by atoms with E-state index in [0.29, 0.717) is 25.2 Å². The van der Waals surface area contributed by atoms with Crippen LogP contribution < -0.4 is 0 Å². The fraction of sp³-hybridized carbons (Fsp3) is 0.278. The first kappa shape index (κ1) is 19.0. The number of para-hydroxylation sites is 1. The molecule has 2 aromatic carbocycles. The van der Waals surface area contributed by atoms with Crippen LogP contribution in [0.1, 0.15) is 11.1 Å². The largest absolute Gasteiger partial charge is 0.296 e. The molecule has 1 aliphatic rings. The third kappa shape index (κ3) is 3.98. The van der Waals surface area contributed by atoms with Crippen LogP contribution in [0.25, 0.3) is 0 Å². The first-order valence-electron chi connectivity index (χ1n) is 8.37. The topological polar surface area (TPSA) is 108 Å². The predicted molar refractivity (Wildman–Crippen MR) is 98.3 cm³/mol. The molecule has 0 radical (unpaired) electrons. The molecule has 0 unspecified atom stereocenters. The Morgan fingerprint density at radius 3 is 2.33 bits per heavy atom. The summed E-state index contributed by atoms with van der Waals surface area (Å²) in [6, 6.07) is 14.6. The Morgan fingerprint density at radius 1 is 1.04 bits per heavy atom. The van der Waals surface area contributed by atoms with Gasteiger partial charge in [0, 0.05) is 44.4 Å². The molecule has 0 saturated carbocycles. The number of nitro benzene ring substituents is 1. The van der Waals surface area contributed by atoms with Crippen LogP contribution in [0.2, 0.25) is 0 Å². The normalized spacial score (nSPS) is 16.0. The van der Waals surface area contributed by atoms with Crippen LogP contribution in [-0.4, -0.2) is 48.7 Å². The quantitative estimate of drug-likeness (QED) is 0.574. The van der Waals surface area contributed by atoms with Crippen molar-refractivity contribution in [3.63, 3.8) is 0 Å². The van der Waals surface area contributed by atoms with Gasteiger partial charge in [0.25, 0.3) is 5.69 Å². The second-order valence-electron chi connectivity index (χ2n) is 6.17. The maximum Gasteiger partial charge on any atom is 0.273 e. The van der Waals surface area contributed by atoms with Crippen molar-refractivity contribution in [2.75, 3.05) is 26.2 Å². The van der Waals surface area contributed by atoms with Crippen molar-refractivity contribution in [1.29, 1.82) is 5.26 Å². The lowest BCUT2D eigenvalue weighted by Gasteiger charge is -2.34. The van der Waals surface area contributed by atoms with Gasteiger partial charge in [0.1, 0.15) is 6.07 Å². The number of piperazine rings is 1. The van der Waals surface area contributed by atoms with Gasteiger partial charge in [-0.2, -0.15) is 9.57 Å². The van der Waals surface area contributed by atoms with Crippen LogP contribution in [0, 0.1) is 21.4 Å². The molecule has 0 N–H and O–H groups in total. The first-order chi connectivity index (χ1) is 12.9. The summed E-state index contributed by atoms with van der Waals surface area (Å²) in [5, 5.41) is 20.3. The highest BCUT2D eigenvalue weighted by Crippen LogP contribution is 2.23. The number of hydrogen-bond acceptors (Lipinski definition) is 6. The third-order valence-corrected chi connectivity index (χ3v) is 6.50. The van der Waals surface area contributed by atoms with Crippen molar-refractivity contribution >= 4 is 15.7 Å². The second-order valence-corrected chi connectivity index (χ2v) is 8.08. The van der Waals surface area contributed by atoms with E-state index in [1.807, 2.05) is 11.0 Å². The lowest BCUT2D eigenvalue weighted by atomic mass is 10.1. The summed E-state index contributed by atoms with van der Waals surface area (Å²) in [6.07, 6.45) is 0. The van der Waals surface area contributed by atoms with E-state index in [4.69, 9.17) is 5.26 Å². The summed E-state index contributed by atoms with van der Waals surface area (Å²) in [5.74, 6) is 0. The predicted octanol–water partition coefficient (Wildman–Crippen LogP) is 1.97. The molecule has 1 fully saturated rings. The Morgan fingerprint density at radius 2 is 1.67 bits per heavy atom. The fourth-order valence-corrected chi connectivity index (χ4v) is 4.68. The first-order valence-corrected chi connectivity index (χ1v) is 9.81. The van der Waals surface area contributed by atoms with Gasteiger partial charge in [-0.25, -0.2) is 8.42 Å². The van der Waals surface area contributed by atoms with E-state index in [1.165, 1.54) is 22.5 Å². The van der Waals surface area contributed by atoms with E-state index in [0.717, 1.165) is 0 Å². The minimum absolute atomic E-state index is 0.0136. The highest BCUT2D eigenvalue weighted by Gasteiger charge is 2.30. The van der Waals surface area contributed by atoms with Crippen LogP contribution in [0.4, 0.5) is 5.69 Å². The molecular formula is C18H18N4O4S. The zero-order valence-corrected chi connectivity index (χ0v) is 15.3. The number of hydrogen-bond donors (Lipinski definition) is 0. The summed E-state index contributed by atoms with van der Waals surface area (Å²) in [4.78, 5) is 12.7. The van der Waals surface area contributed by atoms with E-state index in [9.17, 15) is 18.5 Å². The van der Waals surface area contributed by atoms with Gasteiger partial charge in [0.2, 0.25) is 10.0 Å². The Labute approximate surface area is 157 Å². The van der Waals surface area contributed by atoms with Gasteiger partial charge in [-0.1, -0.05) is 30.3 Å². The Kier molecular flexibility index (Phi) is 5.51. The lowest BCUT2D eigenvalue weighted by molar-refractivity contribution is -0.385. The molecule has 0 aromatic heterocycles. The van der Waals surface area contributed by atoms with Gasteiger partial charge in [-0.05, 0) is 12.1 Å². The number of benzene rings is 2. The summed E-state index contributed by atoms with van der Waals surface area (Å²) in [6.45, 7) is 1.84. The molecule has 1 heterocycles. The maximum absolute atomic E-state index is 12.8. The van der Waals surface area contributed by atoms with Gasteiger partial charge in [0.15, 0.2) is 0 Å². The highest BCUT2D eigenvalue weighted by molar-refractivity contribution is 7.89. The van der Waals surface area contributed by atoms with Crippen molar-refractivity contribution in [1.82, 2.24) is 9.21 Å². The van der Waals surface area contributed by atoms with Gasteiger partial charge in [-0.3, -0.25) is 15.0 Å². The minimum Gasteiger partial charge on any atom is -0.296 e. The molecule has 8 nitrogen and oxygen atoms in total. The van der Waals surface area contributed by atoms with Gasteiger partial charge in [-0.15, -0.1) is 0 Å². The smallest absolute Gasteiger partial charge is 0.273 e. The standard InChI is InChI=1S/C18H18N4O4S/c19-13-15-5-2-4-8-18(15)27(25,26)21-11-9-20(10-12-21)14-16-6-1-3-7-17(16)22(23)24/h1-8H,9-12,14H2. The molecule has 0 amide bonds. The number of nitrogens with zero attached hydrogens (tertiary/aromatic N) is 4. The van der Waals surface area contributed by atoms with Crippen molar-refractivity contribution in [3.05, 3.63) is 69.8 Å². The molecule has 0 atom stereocenters. The molecule has 9 heteroatoms. The zero-order chi connectivity index (χ0) is 19.4. The number of sulfonamides is 1. The molecular weight excluding hydrogens is 368 g/mol. The molecule has 2 aromatic rings. The van der Waals surface area contributed by atoms with E-state index < -0.39 is 14.9 Å². The van der Waals surface area contributed by atoms with Gasteiger partial charge < -0.3 is 0 Å². The molecule has 0 aliphatic carbocycles.